The van der Waals surface area contributed by atoms with Gasteiger partial charge in [0.25, 0.3) is 5.69 Å². The first-order chi connectivity index (χ1) is 9.02. The first kappa shape index (κ1) is 13.8. The highest BCUT2D eigenvalue weighted by Gasteiger charge is 2.32. The first-order valence-electron chi connectivity index (χ1n) is 6.12. The van der Waals surface area contributed by atoms with Gasteiger partial charge in [0.05, 0.1) is 11.0 Å². The molecule has 1 fully saturated rings. The van der Waals surface area contributed by atoms with Crippen molar-refractivity contribution in [3.63, 3.8) is 0 Å². The summed E-state index contributed by atoms with van der Waals surface area (Å²) in [5.74, 6) is 0.779. The fraction of sp³-hybridized carbons (Fsp3) is 0.462. The lowest BCUT2D eigenvalue weighted by Crippen LogP contribution is -2.28. The average molecular weight is 283 g/mol. The van der Waals surface area contributed by atoms with Crippen molar-refractivity contribution in [1.29, 1.82) is 0 Å². The number of nitro groups is 1. The van der Waals surface area contributed by atoms with Crippen LogP contribution in [0.1, 0.15) is 24.9 Å². The third-order valence-corrected chi connectivity index (χ3v) is 3.95. The second-order valence-electron chi connectivity index (χ2n) is 4.80. The van der Waals surface area contributed by atoms with Crippen LogP contribution in [-0.2, 0) is 4.79 Å². The minimum absolute atomic E-state index is 0.0577. The van der Waals surface area contributed by atoms with Gasteiger partial charge in [-0.3, -0.25) is 14.9 Å². The molecule has 0 saturated carbocycles. The summed E-state index contributed by atoms with van der Waals surface area (Å²) >= 11 is 5.79. The number of non-ortho nitro benzene ring substituents is 1. The Morgan fingerprint density at radius 2 is 2.11 bits per heavy atom. The molecular weight excluding hydrogens is 268 g/mol. The normalized spacial score (nSPS) is 20.6. The molecule has 1 heterocycles. The summed E-state index contributed by atoms with van der Waals surface area (Å²) in [6, 6.07) is 6.24. The van der Waals surface area contributed by atoms with E-state index in [1.165, 1.54) is 12.1 Å². The number of alkyl halides is 1. The molecule has 2 rings (SSSR count). The fourth-order valence-corrected chi connectivity index (χ4v) is 2.55. The van der Waals surface area contributed by atoms with Gasteiger partial charge in [0.15, 0.2) is 0 Å². The summed E-state index contributed by atoms with van der Waals surface area (Å²) in [5.41, 5.74) is 0.955. The number of hydrogen-bond donors (Lipinski definition) is 0. The molecule has 1 unspecified atom stereocenters. The minimum atomic E-state index is -0.432. The third-order valence-electron chi connectivity index (χ3n) is 3.51. The minimum Gasteiger partial charge on any atom is -0.336 e. The number of likely N-dealkylation sites (tertiary alicyclic amines) is 1. The molecule has 1 amide bonds. The number of nitro benzene ring substituents is 1. The van der Waals surface area contributed by atoms with Crippen LogP contribution >= 0.6 is 11.6 Å². The van der Waals surface area contributed by atoms with Gasteiger partial charge < -0.3 is 4.90 Å². The summed E-state index contributed by atoms with van der Waals surface area (Å²) < 4.78 is 0. The Kier molecular flexibility index (Phi) is 4.04. The molecule has 0 radical (unpaired) electrons. The van der Waals surface area contributed by atoms with Crippen LogP contribution in [0.4, 0.5) is 5.69 Å². The quantitative estimate of drug-likeness (QED) is 0.484. The van der Waals surface area contributed by atoms with E-state index >= 15 is 0 Å². The van der Waals surface area contributed by atoms with Gasteiger partial charge in [-0.2, -0.15) is 0 Å². The van der Waals surface area contributed by atoms with Crippen LogP contribution in [0.25, 0.3) is 0 Å². The number of carbonyl (C=O) groups excluding carboxylic acids is 1. The first-order valence-corrected chi connectivity index (χ1v) is 6.66. The smallest absolute Gasteiger partial charge is 0.269 e. The number of benzene rings is 1. The van der Waals surface area contributed by atoms with E-state index in [4.69, 9.17) is 11.6 Å². The van der Waals surface area contributed by atoms with E-state index < -0.39 is 4.92 Å². The summed E-state index contributed by atoms with van der Waals surface area (Å²) in [4.78, 5) is 23.8. The zero-order valence-electron chi connectivity index (χ0n) is 10.6. The van der Waals surface area contributed by atoms with Crippen molar-refractivity contribution in [2.75, 3.05) is 12.4 Å². The van der Waals surface area contributed by atoms with E-state index in [9.17, 15) is 14.9 Å². The maximum atomic E-state index is 11.9. The fourth-order valence-electron chi connectivity index (χ4n) is 2.34. The Labute approximate surface area is 116 Å². The van der Waals surface area contributed by atoms with Gasteiger partial charge in [-0.1, -0.05) is 12.1 Å². The van der Waals surface area contributed by atoms with E-state index in [-0.39, 0.29) is 23.6 Å². The van der Waals surface area contributed by atoms with Crippen LogP contribution in [0.5, 0.6) is 0 Å². The second kappa shape index (κ2) is 5.57. The van der Waals surface area contributed by atoms with Gasteiger partial charge in [-0.05, 0) is 18.4 Å². The predicted molar refractivity (Wildman–Crippen MR) is 72.1 cm³/mol. The van der Waals surface area contributed by atoms with E-state index in [2.05, 4.69) is 0 Å². The molecule has 0 N–H and O–H groups in total. The highest BCUT2D eigenvalue weighted by molar-refractivity contribution is 6.18. The van der Waals surface area contributed by atoms with Crippen molar-refractivity contribution in [3.05, 3.63) is 39.9 Å². The van der Waals surface area contributed by atoms with Crippen molar-refractivity contribution in [2.24, 2.45) is 5.92 Å². The number of rotatable bonds is 4. The van der Waals surface area contributed by atoms with Crippen LogP contribution in [0.15, 0.2) is 24.3 Å². The molecule has 19 heavy (non-hydrogen) atoms. The van der Waals surface area contributed by atoms with Gasteiger partial charge in [-0.15, -0.1) is 11.6 Å². The van der Waals surface area contributed by atoms with E-state index in [0.717, 1.165) is 5.56 Å². The van der Waals surface area contributed by atoms with Crippen molar-refractivity contribution < 1.29 is 9.72 Å². The van der Waals surface area contributed by atoms with Crippen molar-refractivity contribution in [2.45, 2.75) is 19.4 Å². The Bertz CT molecular complexity index is 489. The Morgan fingerprint density at radius 3 is 2.58 bits per heavy atom. The number of amides is 1. The van der Waals surface area contributed by atoms with Gasteiger partial charge >= 0.3 is 0 Å². The third kappa shape index (κ3) is 2.87. The number of hydrogen-bond acceptors (Lipinski definition) is 3. The van der Waals surface area contributed by atoms with Crippen molar-refractivity contribution in [3.8, 4) is 0 Å². The highest BCUT2D eigenvalue weighted by Crippen LogP contribution is 2.29. The van der Waals surface area contributed by atoms with Crippen LogP contribution in [0, 0.1) is 16.0 Å². The van der Waals surface area contributed by atoms with Gasteiger partial charge in [0.1, 0.15) is 0 Å². The molecule has 2 atom stereocenters. The number of nitrogens with zero attached hydrogens (tertiary/aromatic N) is 2. The maximum Gasteiger partial charge on any atom is 0.269 e. The lowest BCUT2D eigenvalue weighted by atomic mass is 10.1. The average Bonchev–Trinajstić information content (AvgIpc) is 2.79. The van der Waals surface area contributed by atoms with Crippen LogP contribution < -0.4 is 0 Å². The molecule has 0 spiro atoms. The molecule has 5 nitrogen and oxygen atoms in total. The van der Waals surface area contributed by atoms with Crippen LogP contribution in [0.2, 0.25) is 0 Å². The predicted octanol–water partition coefficient (Wildman–Crippen LogP) is 2.74. The largest absolute Gasteiger partial charge is 0.336 e. The summed E-state index contributed by atoms with van der Waals surface area (Å²) in [7, 11) is 0. The van der Waals surface area contributed by atoms with Gasteiger partial charge in [0, 0.05) is 31.0 Å². The zero-order valence-corrected chi connectivity index (χ0v) is 11.3. The molecule has 102 valence electrons. The highest BCUT2D eigenvalue weighted by atomic mass is 35.5. The monoisotopic (exact) mass is 282 g/mol. The summed E-state index contributed by atoms with van der Waals surface area (Å²) in [6.07, 6.45) is 0.487. The Morgan fingerprint density at radius 1 is 1.47 bits per heavy atom. The SMILES string of the molecule is C[C@@H](c1ccc([N+](=O)[O-])cc1)N1CC(CCl)CC1=O. The maximum absolute atomic E-state index is 11.9. The van der Waals surface area contributed by atoms with E-state index in [1.807, 2.05) is 6.92 Å². The molecule has 0 aromatic heterocycles. The Hall–Kier alpha value is -1.62. The second-order valence-corrected chi connectivity index (χ2v) is 5.10. The number of carbonyl (C=O) groups is 1. The molecule has 0 aliphatic carbocycles. The topological polar surface area (TPSA) is 63.5 Å². The van der Waals surface area contributed by atoms with Gasteiger partial charge in [-0.25, -0.2) is 0 Å². The summed E-state index contributed by atoms with van der Waals surface area (Å²) in [6.45, 7) is 2.58. The lowest BCUT2D eigenvalue weighted by molar-refractivity contribution is -0.384. The number of halogens is 1. The molecular formula is C13H15ClN2O3. The molecule has 1 saturated heterocycles. The molecule has 6 heteroatoms. The molecule has 0 bridgehead atoms. The molecule has 1 aromatic carbocycles. The standard InChI is InChI=1S/C13H15ClN2O3/c1-9(15-8-10(7-14)6-13(15)17)11-2-4-12(5-3-11)16(18)19/h2-5,9-10H,6-8H2,1H3/t9-,10?/m0/s1. The lowest BCUT2D eigenvalue weighted by Gasteiger charge is -2.25. The van der Waals surface area contributed by atoms with Crippen LogP contribution in [0.3, 0.4) is 0 Å². The summed E-state index contributed by atoms with van der Waals surface area (Å²) in [5, 5.41) is 10.6. The van der Waals surface area contributed by atoms with E-state index in [0.29, 0.717) is 18.8 Å². The Balaban J connectivity index is 2.13. The van der Waals surface area contributed by atoms with E-state index in [1.54, 1.807) is 17.0 Å². The van der Waals surface area contributed by atoms with Crippen molar-refractivity contribution >= 4 is 23.2 Å². The van der Waals surface area contributed by atoms with Crippen molar-refractivity contribution in [1.82, 2.24) is 4.90 Å². The van der Waals surface area contributed by atoms with Crippen LogP contribution in [-0.4, -0.2) is 28.2 Å². The molecule has 1 aliphatic heterocycles. The molecule has 1 aromatic rings. The zero-order chi connectivity index (χ0) is 14.0. The van der Waals surface area contributed by atoms with Gasteiger partial charge in [0.2, 0.25) is 5.91 Å². The molecule has 1 aliphatic rings.